The van der Waals surface area contributed by atoms with Crippen LogP contribution in [0.25, 0.3) is 17.0 Å². The van der Waals surface area contributed by atoms with Crippen molar-refractivity contribution in [2.75, 3.05) is 6.54 Å². The molecule has 1 unspecified atom stereocenters. The number of allylic oxidation sites excluding steroid dienone is 1. The molecule has 2 aromatic heterocycles. The Hall–Kier alpha value is -3.71. The molecule has 0 bridgehead atoms. The Morgan fingerprint density at radius 3 is 2.51 bits per heavy atom. The number of hydrogen-bond acceptors (Lipinski definition) is 5. The number of thiophene rings is 1. The zero-order valence-corrected chi connectivity index (χ0v) is 20.9. The molecule has 0 saturated heterocycles. The zero-order chi connectivity index (χ0) is 24.4. The molecule has 178 valence electrons. The number of hydrogen-bond donors (Lipinski definition) is 1. The first-order valence-corrected chi connectivity index (χ1v) is 12.7. The van der Waals surface area contributed by atoms with Gasteiger partial charge in [0.15, 0.2) is 0 Å². The van der Waals surface area contributed by atoms with Crippen LogP contribution < -0.4 is 5.32 Å². The predicted octanol–water partition coefficient (Wildman–Crippen LogP) is 6.41. The van der Waals surface area contributed by atoms with Crippen LogP contribution >= 0.6 is 11.3 Å². The number of rotatable bonds is 7. The SMILES string of the molecule is CCc1ccc(C2NC(=O)N(CCc3cccs3)C(C)=C2c2nc(-c3ccc(C)cc3)no2)cc1. The van der Waals surface area contributed by atoms with Crippen LogP contribution in [0, 0.1) is 6.92 Å². The van der Waals surface area contributed by atoms with Gasteiger partial charge in [-0.25, -0.2) is 4.79 Å². The van der Waals surface area contributed by atoms with Crippen LogP contribution in [0.5, 0.6) is 0 Å². The Bertz CT molecular complexity index is 1340. The number of nitrogens with zero attached hydrogens (tertiary/aromatic N) is 3. The number of urea groups is 1. The van der Waals surface area contributed by atoms with Crippen molar-refractivity contribution in [1.82, 2.24) is 20.4 Å². The van der Waals surface area contributed by atoms with Crippen molar-refractivity contribution in [3.05, 3.63) is 99.2 Å². The summed E-state index contributed by atoms with van der Waals surface area (Å²) < 4.78 is 5.79. The molecule has 2 aromatic carbocycles. The molecule has 0 aliphatic carbocycles. The van der Waals surface area contributed by atoms with Crippen LogP contribution in [0.3, 0.4) is 0 Å². The minimum absolute atomic E-state index is 0.120. The van der Waals surface area contributed by atoms with Crippen LogP contribution in [0.1, 0.15) is 47.3 Å². The van der Waals surface area contributed by atoms with Crippen LogP contribution in [-0.2, 0) is 12.8 Å². The van der Waals surface area contributed by atoms with E-state index in [1.165, 1.54) is 16.0 Å². The topological polar surface area (TPSA) is 71.3 Å². The second kappa shape index (κ2) is 9.88. The number of carbonyl (C=O) groups is 1. The molecule has 1 aliphatic rings. The van der Waals surface area contributed by atoms with Crippen molar-refractivity contribution in [2.45, 2.75) is 39.7 Å². The summed E-state index contributed by atoms with van der Waals surface area (Å²) in [6.07, 6.45) is 1.74. The molecule has 1 aliphatic heterocycles. The van der Waals surface area contributed by atoms with E-state index >= 15 is 0 Å². The van der Waals surface area contributed by atoms with Crippen molar-refractivity contribution in [2.24, 2.45) is 0 Å². The van der Waals surface area contributed by atoms with Gasteiger partial charge >= 0.3 is 6.03 Å². The van der Waals surface area contributed by atoms with Crippen molar-refractivity contribution in [1.29, 1.82) is 0 Å². The summed E-state index contributed by atoms with van der Waals surface area (Å²) in [6, 6.07) is 20.0. The van der Waals surface area contributed by atoms with E-state index in [0.717, 1.165) is 35.2 Å². The maximum atomic E-state index is 13.2. The van der Waals surface area contributed by atoms with Gasteiger partial charge in [-0.15, -0.1) is 11.3 Å². The molecule has 1 atom stereocenters. The van der Waals surface area contributed by atoms with Gasteiger partial charge in [-0.05, 0) is 49.3 Å². The van der Waals surface area contributed by atoms with Crippen molar-refractivity contribution < 1.29 is 9.32 Å². The number of aryl methyl sites for hydroxylation is 2. The van der Waals surface area contributed by atoms with E-state index in [-0.39, 0.29) is 12.1 Å². The monoisotopic (exact) mass is 484 g/mol. The first kappa shape index (κ1) is 23.1. The van der Waals surface area contributed by atoms with Crippen LogP contribution in [-0.4, -0.2) is 27.6 Å². The van der Waals surface area contributed by atoms with E-state index in [2.05, 4.69) is 53.1 Å². The molecule has 4 aromatic rings. The third-order valence-corrected chi connectivity index (χ3v) is 7.38. The summed E-state index contributed by atoms with van der Waals surface area (Å²) in [6.45, 7) is 6.71. The number of aromatic nitrogens is 2. The number of carbonyl (C=O) groups excluding carboxylic acids is 1. The van der Waals surface area contributed by atoms with Crippen molar-refractivity contribution >= 4 is 22.9 Å². The third-order valence-electron chi connectivity index (χ3n) is 6.45. The molecule has 6 nitrogen and oxygen atoms in total. The minimum atomic E-state index is -0.377. The molecule has 0 radical (unpaired) electrons. The van der Waals surface area contributed by atoms with Gasteiger partial charge in [0.2, 0.25) is 5.82 Å². The summed E-state index contributed by atoms with van der Waals surface area (Å²) >= 11 is 1.70. The third kappa shape index (κ3) is 4.77. The average molecular weight is 485 g/mol. The lowest BCUT2D eigenvalue weighted by molar-refractivity contribution is 0.205. The number of nitrogens with one attached hydrogen (secondary N) is 1. The summed E-state index contributed by atoms with van der Waals surface area (Å²) in [5.74, 6) is 0.950. The molecule has 7 heteroatoms. The summed E-state index contributed by atoms with van der Waals surface area (Å²) in [4.78, 5) is 21.0. The molecular weight excluding hydrogens is 456 g/mol. The van der Waals surface area contributed by atoms with Gasteiger partial charge in [-0.1, -0.05) is 72.2 Å². The highest BCUT2D eigenvalue weighted by Gasteiger charge is 2.35. The van der Waals surface area contributed by atoms with E-state index in [4.69, 9.17) is 9.51 Å². The van der Waals surface area contributed by atoms with Crippen LogP contribution in [0.4, 0.5) is 4.79 Å². The van der Waals surface area contributed by atoms with Crippen molar-refractivity contribution in [3.63, 3.8) is 0 Å². The van der Waals surface area contributed by atoms with Gasteiger partial charge in [-0.3, -0.25) is 4.90 Å². The Balaban J connectivity index is 1.54. The first-order chi connectivity index (χ1) is 17.0. The van der Waals surface area contributed by atoms with Gasteiger partial charge < -0.3 is 9.84 Å². The van der Waals surface area contributed by atoms with E-state index in [1.807, 2.05) is 44.2 Å². The van der Waals surface area contributed by atoms with E-state index in [9.17, 15) is 4.79 Å². The second-order valence-electron chi connectivity index (χ2n) is 8.75. The van der Waals surface area contributed by atoms with Crippen molar-refractivity contribution in [3.8, 4) is 11.4 Å². The summed E-state index contributed by atoms with van der Waals surface area (Å²) in [5, 5.41) is 9.51. The fraction of sp³-hybridized carbons (Fsp3) is 0.250. The molecule has 35 heavy (non-hydrogen) atoms. The molecule has 5 rings (SSSR count). The van der Waals surface area contributed by atoms with Crippen LogP contribution in [0.2, 0.25) is 0 Å². The van der Waals surface area contributed by atoms with Gasteiger partial charge in [0.25, 0.3) is 5.89 Å². The molecule has 2 amide bonds. The number of benzene rings is 2. The largest absolute Gasteiger partial charge is 0.334 e. The molecule has 0 saturated carbocycles. The van der Waals surface area contributed by atoms with Gasteiger partial charge in [0, 0.05) is 22.7 Å². The fourth-order valence-electron chi connectivity index (χ4n) is 4.35. The predicted molar refractivity (Wildman–Crippen MR) is 139 cm³/mol. The zero-order valence-electron chi connectivity index (χ0n) is 20.1. The quantitative estimate of drug-likeness (QED) is 0.329. The lowest BCUT2D eigenvalue weighted by Crippen LogP contribution is -2.46. The molecule has 0 spiro atoms. The normalized spacial score (nSPS) is 16.0. The van der Waals surface area contributed by atoms with Gasteiger partial charge in [0.1, 0.15) is 0 Å². The summed E-state index contributed by atoms with van der Waals surface area (Å²) in [5.41, 5.74) is 5.94. The van der Waals surface area contributed by atoms with E-state index < -0.39 is 0 Å². The second-order valence-corrected chi connectivity index (χ2v) is 9.78. The van der Waals surface area contributed by atoms with Gasteiger partial charge in [-0.2, -0.15) is 4.98 Å². The highest BCUT2D eigenvalue weighted by atomic mass is 32.1. The highest BCUT2D eigenvalue weighted by Crippen LogP contribution is 2.37. The fourth-order valence-corrected chi connectivity index (χ4v) is 5.05. The molecular formula is C28H28N4O2S. The summed E-state index contributed by atoms with van der Waals surface area (Å²) in [7, 11) is 0. The Kier molecular flexibility index (Phi) is 6.51. The molecule has 1 N–H and O–H groups in total. The maximum absolute atomic E-state index is 13.2. The number of amides is 2. The Morgan fingerprint density at radius 1 is 1.06 bits per heavy atom. The first-order valence-electron chi connectivity index (χ1n) is 11.8. The van der Waals surface area contributed by atoms with Gasteiger partial charge in [0.05, 0.1) is 11.6 Å². The lowest BCUT2D eigenvalue weighted by Gasteiger charge is -2.35. The highest BCUT2D eigenvalue weighted by molar-refractivity contribution is 7.09. The Morgan fingerprint density at radius 2 is 1.83 bits per heavy atom. The Labute approximate surface area is 209 Å². The molecule has 0 fully saturated rings. The van der Waals surface area contributed by atoms with E-state index in [0.29, 0.717) is 18.3 Å². The maximum Gasteiger partial charge on any atom is 0.322 e. The lowest BCUT2D eigenvalue weighted by atomic mass is 9.93. The standard InChI is InChI=1S/C28H28N4O2S/c1-4-20-9-13-21(14-10-20)25-24(27-30-26(31-34-27)22-11-7-18(2)8-12-22)19(3)32(28(33)29-25)16-15-23-6-5-17-35-23/h5-14,17,25H,4,15-16H2,1-3H3,(H,29,33). The molecule has 3 heterocycles. The average Bonchev–Trinajstić information content (AvgIpc) is 3.57. The van der Waals surface area contributed by atoms with E-state index in [1.54, 1.807) is 16.2 Å². The smallest absolute Gasteiger partial charge is 0.322 e. The minimum Gasteiger partial charge on any atom is -0.334 e. The van der Waals surface area contributed by atoms with Crippen LogP contribution in [0.15, 0.2) is 76.3 Å².